The highest BCUT2D eigenvalue weighted by atomic mass is 32.2. The van der Waals surface area contributed by atoms with Crippen LogP contribution in [0.3, 0.4) is 0 Å². The van der Waals surface area contributed by atoms with E-state index < -0.39 is 0 Å². The van der Waals surface area contributed by atoms with Gasteiger partial charge in [0.15, 0.2) is 22.4 Å². The molecule has 0 unspecified atom stereocenters. The summed E-state index contributed by atoms with van der Waals surface area (Å²) in [5.41, 5.74) is 1.54. The molecule has 0 aliphatic heterocycles. The molecule has 8 heteroatoms. The number of nitrogens with zero attached hydrogens (tertiary/aromatic N) is 3. The minimum atomic E-state index is -0.0200. The van der Waals surface area contributed by atoms with Crippen molar-refractivity contribution < 1.29 is 14.3 Å². The van der Waals surface area contributed by atoms with Crippen LogP contribution in [-0.4, -0.2) is 40.5 Å². The number of ketones is 1. The second-order valence-electron chi connectivity index (χ2n) is 6.61. The summed E-state index contributed by atoms with van der Waals surface area (Å²) in [6, 6.07) is 19.3. The van der Waals surface area contributed by atoms with Crippen molar-refractivity contribution >= 4 is 28.9 Å². The van der Waals surface area contributed by atoms with Crippen molar-refractivity contribution in [2.24, 2.45) is 0 Å². The maximum absolute atomic E-state index is 12.8. The predicted molar refractivity (Wildman–Crippen MR) is 123 cm³/mol. The minimum Gasteiger partial charge on any atom is -0.493 e. The molecule has 6 nitrogen and oxygen atoms in total. The Bertz CT molecular complexity index is 1160. The van der Waals surface area contributed by atoms with E-state index in [1.54, 1.807) is 43.8 Å². The lowest BCUT2D eigenvalue weighted by molar-refractivity contribution is 0.102. The smallest absolute Gasteiger partial charge is 0.196 e. The van der Waals surface area contributed by atoms with Crippen LogP contribution in [-0.2, 0) is 6.42 Å². The number of Topliss-reactive ketones (excluding diaryl/α,β-unsaturated/α-hetero) is 1. The van der Waals surface area contributed by atoms with Crippen LogP contribution in [0, 0.1) is 0 Å². The number of carbonyl (C=O) groups excluding carboxylic acids is 1. The highest BCUT2D eigenvalue weighted by Crippen LogP contribution is 2.29. The molecule has 4 rings (SSSR count). The average molecular weight is 452 g/mol. The highest BCUT2D eigenvalue weighted by molar-refractivity contribution is 7.99. The van der Waals surface area contributed by atoms with E-state index in [2.05, 4.69) is 21.6 Å². The van der Waals surface area contributed by atoms with Crippen molar-refractivity contribution in [3.63, 3.8) is 0 Å². The molecule has 0 atom stereocenters. The summed E-state index contributed by atoms with van der Waals surface area (Å²) in [6.45, 7) is 0. The van der Waals surface area contributed by atoms with Crippen LogP contribution in [0.2, 0.25) is 0 Å². The maximum atomic E-state index is 12.8. The van der Waals surface area contributed by atoms with Gasteiger partial charge in [0.05, 0.1) is 20.0 Å². The Hall–Kier alpha value is -3.10. The lowest BCUT2D eigenvalue weighted by Crippen LogP contribution is -2.06. The summed E-state index contributed by atoms with van der Waals surface area (Å²) in [4.78, 5) is 14.0. The molecule has 2 heterocycles. The van der Waals surface area contributed by atoms with E-state index in [4.69, 9.17) is 9.47 Å². The van der Waals surface area contributed by atoms with Gasteiger partial charge in [0, 0.05) is 22.5 Å². The molecular weight excluding hydrogens is 430 g/mol. The topological polar surface area (TPSA) is 66.2 Å². The Kier molecular flexibility index (Phi) is 6.69. The average Bonchev–Trinajstić information content (AvgIpc) is 3.47. The lowest BCUT2D eigenvalue weighted by atomic mass is 10.1. The Morgan fingerprint density at radius 3 is 2.52 bits per heavy atom. The Balaban J connectivity index is 1.57. The summed E-state index contributed by atoms with van der Waals surface area (Å²) < 4.78 is 12.6. The molecule has 0 aliphatic carbocycles. The van der Waals surface area contributed by atoms with Gasteiger partial charge in [-0.05, 0) is 41.8 Å². The van der Waals surface area contributed by atoms with Crippen LogP contribution >= 0.6 is 23.1 Å². The van der Waals surface area contributed by atoms with Gasteiger partial charge >= 0.3 is 0 Å². The molecule has 0 radical (unpaired) electrons. The first-order valence-electron chi connectivity index (χ1n) is 9.59. The van der Waals surface area contributed by atoms with Crippen molar-refractivity contribution in [3.05, 3.63) is 82.3 Å². The zero-order valence-corrected chi connectivity index (χ0v) is 18.8. The minimum absolute atomic E-state index is 0.0200. The summed E-state index contributed by atoms with van der Waals surface area (Å²) in [5, 5.41) is 11.5. The van der Waals surface area contributed by atoms with Crippen molar-refractivity contribution in [2.45, 2.75) is 11.6 Å². The number of hydrogen-bond acceptors (Lipinski definition) is 7. The van der Waals surface area contributed by atoms with Crippen LogP contribution < -0.4 is 9.47 Å². The number of thioether (sulfide) groups is 1. The summed E-state index contributed by atoms with van der Waals surface area (Å²) in [7, 11) is 3.12. The fourth-order valence-electron chi connectivity index (χ4n) is 3.14. The number of para-hydroxylation sites is 1. The van der Waals surface area contributed by atoms with Crippen molar-refractivity contribution in [1.82, 2.24) is 14.8 Å². The molecule has 0 N–H and O–H groups in total. The van der Waals surface area contributed by atoms with Gasteiger partial charge in [0.2, 0.25) is 0 Å². The summed E-state index contributed by atoms with van der Waals surface area (Å²) in [6.07, 6.45) is 0.684. The van der Waals surface area contributed by atoms with E-state index in [1.807, 2.05) is 41.0 Å². The highest BCUT2D eigenvalue weighted by Gasteiger charge is 2.18. The standard InChI is InChI=1S/C23H21N3O3S2/c1-28-20-11-10-16(13-21(20)29-2)19(27)15-31-23-25-24-22(14-18-9-6-12-30-18)26(23)17-7-4-3-5-8-17/h3-13H,14-15H2,1-2H3. The number of rotatable bonds is 9. The Morgan fingerprint density at radius 1 is 1.00 bits per heavy atom. The third kappa shape index (κ3) is 4.81. The molecule has 0 spiro atoms. The van der Waals surface area contributed by atoms with Gasteiger partial charge in [0.1, 0.15) is 5.82 Å². The fraction of sp³-hybridized carbons (Fsp3) is 0.174. The fourth-order valence-corrected chi connectivity index (χ4v) is 4.70. The number of carbonyl (C=O) groups is 1. The molecule has 2 aromatic carbocycles. The second kappa shape index (κ2) is 9.80. The molecule has 4 aromatic rings. The number of benzene rings is 2. The second-order valence-corrected chi connectivity index (χ2v) is 8.58. The first kappa shape index (κ1) is 21.1. The first-order valence-corrected chi connectivity index (χ1v) is 11.5. The van der Waals surface area contributed by atoms with Crippen LogP contribution in [0.5, 0.6) is 11.5 Å². The van der Waals surface area contributed by atoms with Gasteiger partial charge in [-0.1, -0.05) is 36.0 Å². The molecule has 0 fully saturated rings. The molecule has 0 amide bonds. The largest absolute Gasteiger partial charge is 0.493 e. The van der Waals surface area contributed by atoms with E-state index >= 15 is 0 Å². The van der Waals surface area contributed by atoms with E-state index in [0.717, 1.165) is 11.5 Å². The molecule has 0 saturated carbocycles. The van der Waals surface area contributed by atoms with Gasteiger partial charge in [-0.2, -0.15) is 0 Å². The van der Waals surface area contributed by atoms with Crippen LogP contribution in [0.25, 0.3) is 5.69 Å². The quantitative estimate of drug-likeness (QED) is 0.266. The third-order valence-corrected chi connectivity index (χ3v) is 6.47. The molecule has 0 saturated heterocycles. The molecule has 158 valence electrons. The lowest BCUT2D eigenvalue weighted by Gasteiger charge is -2.10. The van der Waals surface area contributed by atoms with E-state index in [9.17, 15) is 4.79 Å². The maximum Gasteiger partial charge on any atom is 0.196 e. The van der Waals surface area contributed by atoms with E-state index in [0.29, 0.717) is 28.6 Å². The number of aromatic nitrogens is 3. The van der Waals surface area contributed by atoms with Gasteiger partial charge in [-0.25, -0.2) is 0 Å². The predicted octanol–water partition coefficient (Wildman–Crippen LogP) is 4.91. The van der Waals surface area contributed by atoms with Crippen molar-refractivity contribution in [3.8, 4) is 17.2 Å². The monoisotopic (exact) mass is 451 g/mol. The zero-order chi connectivity index (χ0) is 21.6. The van der Waals surface area contributed by atoms with Gasteiger partial charge in [0.25, 0.3) is 0 Å². The molecule has 2 aromatic heterocycles. The summed E-state index contributed by atoms with van der Waals surface area (Å²) in [5.74, 6) is 2.18. The Morgan fingerprint density at radius 2 is 1.81 bits per heavy atom. The van der Waals surface area contributed by atoms with Crippen LogP contribution in [0.1, 0.15) is 21.1 Å². The van der Waals surface area contributed by atoms with Gasteiger partial charge in [-0.3, -0.25) is 9.36 Å². The van der Waals surface area contributed by atoms with Crippen molar-refractivity contribution in [1.29, 1.82) is 0 Å². The molecular formula is C23H21N3O3S2. The summed E-state index contributed by atoms with van der Waals surface area (Å²) >= 11 is 3.06. The SMILES string of the molecule is COc1ccc(C(=O)CSc2nnc(Cc3cccs3)n2-c2ccccc2)cc1OC. The van der Waals surface area contributed by atoms with Gasteiger partial charge < -0.3 is 9.47 Å². The van der Waals surface area contributed by atoms with Crippen LogP contribution in [0.4, 0.5) is 0 Å². The van der Waals surface area contributed by atoms with Crippen LogP contribution in [0.15, 0.2) is 71.2 Å². The molecule has 0 bridgehead atoms. The number of thiophene rings is 1. The van der Waals surface area contributed by atoms with E-state index in [1.165, 1.54) is 16.6 Å². The van der Waals surface area contributed by atoms with Gasteiger partial charge in [-0.15, -0.1) is 21.5 Å². The number of hydrogen-bond donors (Lipinski definition) is 0. The number of ether oxygens (including phenoxy) is 2. The first-order chi connectivity index (χ1) is 15.2. The third-order valence-electron chi connectivity index (χ3n) is 4.67. The Labute approximate surface area is 188 Å². The number of methoxy groups -OCH3 is 2. The normalized spacial score (nSPS) is 10.8. The molecule has 31 heavy (non-hydrogen) atoms. The van der Waals surface area contributed by atoms with E-state index in [-0.39, 0.29) is 11.5 Å². The molecule has 0 aliphatic rings. The zero-order valence-electron chi connectivity index (χ0n) is 17.1. The van der Waals surface area contributed by atoms with Crippen molar-refractivity contribution in [2.75, 3.05) is 20.0 Å².